The number of aryl methyl sites for hydroxylation is 1. The fraction of sp³-hybridized carbons (Fsp3) is 0.600. The van der Waals surface area contributed by atoms with Gasteiger partial charge in [-0.25, -0.2) is 0 Å². The topological polar surface area (TPSA) is 30.7 Å². The molecule has 0 bridgehead atoms. The first-order valence-electron chi connectivity index (χ1n) is 2.93. The van der Waals surface area contributed by atoms with Crippen molar-refractivity contribution in [3.8, 4) is 0 Å². The second kappa shape index (κ2) is 3.48. The quantitative estimate of drug-likeness (QED) is 0.768. The van der Waals surface area contributed by atoms with Crippen LogP contribution in [-0.2, 0) is 11.9 Å². The van der Waals surface area contributed by atoms with Gasteiger partial charge in [0.1, 0.15) is 5.69 Å². The van der Waals surface area contributed by atoms with E-state index in [-0.39, 0.29) is 0 Å². The fourth-order valence-corrected chi connectivity index (χ4v) is 1.74. The van der Waals surface area contributed by atoms with E-state index in [4.69, 9.17) is 0 Å². The van der Waals surface area contributed by atoms with E-state index in [9.17, 15) is 0 Å². The first-order chi connectivity index (χ1) is 4.77. The molecule has 10 heavy (non-hydrogen) atoms. The number of halogens is 2. The molecular formula is C5H7Br2N3. The van der Waals surface area contributed by atoms with Crippen LogP contribution in [0.3, 0.4) is 0 Å². The van der Waals surface area contributed by atoms with Gasteiger partial charge in [0, 0.05) is 0 Å². The lowest BCUT2D eigenvalue weighted by Gasteiger charge is -1.87. The van der Waals surface area contributed by atoms with Gasteiger partial charge in [0.2, 0.25) is 0 Å². The molecule has 0 aliphatic rings. The van der Waals surface area contributed by atoms with Crippen LogP contribution in [0.1, 0.15) is 12.6 Å². The molecule has 0 saturated heterocycles. The lowest BCUT2D eigenvalue weighted by atomic mass is 10.6. The van der Waals surface area contributed by atoms with Crippen molar-refractivity contribution in [2.75, 3.05) is 0 Å². The molecule has 1 rings (SSSR count). The van der Waals surface area contributed by atoms with Crippen molar-refractivity contribution in [1.29, 1.82) is 0 Å². The lowest BCUT2D eigenvalue weighted by Crippen LogP contribution is -1.98. The van der Waals surface area contributed by atoms with Gasteiger partial charge in [-0.15, -0.1) is 5.10 Å². The molecule has 0 fully saturated rings. The van der Waals surface area contributed by atoms with Gasteiger partial charge in [0.15, 0.2) is 4.60 Å². The van der Waals surface area contributed by atoms with Crippen molar-refractivity contribution in [2.24, 2.45) is 0 Å². The summed E-state index contributed by atoms with van der Waals surface area (Å²) in [6.07, 6.45) is 0. The summed E-state index contributed by atoms with van der Waals surface area (Å²) >= 11 is 6.60. The third kappa shape index (κ3) is 1.58. The number of hydrogen-bond donors (Lipinski definition) is 0. The van der Waals surface area contributed by atoms with Gasteiger partial charge >= 0.3 is 0 Å². The molecule has 1 aromatic heterocycles. The molecule has 1 aromatic rings. The van der Waals surface area contributed by atoms with Gasteiger partial charge in [0.05, 0.1) is 11.9 Å². The minimum atomic E-state index is 0.744. The molecule has 0 amide bonds. The zero-order valence-corrected chi connectivity index (χ0v) is 8.68. The standard InChI is InChI=1S/C5H7Br2N3/c1-2-10-8-4(3-6)5(7)9-10/h2-3H2,1H3. The van der Waals surface area contributed by atoms with E-state index in [1.807, 2.05) is 6.92 Å². The van der Waals surface area contributed by atoms with Gasteiger partial charge in [-0.2, -0.15) is 9.90 Å². The maximum Gasteiger partial charge on any atom is 0.152 e. The Kier molecular flexibility index (Phi) is 2.85. The molecule has 0 N–H and O–H groups in total. The molecular weight excluding hydrogens is 262 g/mol. The molecule has 0 unspecified atom stereocenters. The molecule has 0 atom stereocenters. The van der Waals surface area contributed by atoms with Gasteiger partial charge in [-0.3, -0.25) is 0 Å². The Balaban J connectivity index is 2.92. The molecule has 1 heterocycles. The predicted molar refractivity (Wildman–Crippen MR) is 46.0 cm³/mol. The summed E-state index contributed by atoms with van der Waals surface area (Å²) in [5.41, 5.74) is 0.946. The first kappa shape index (κ1) is 8.20. The maximum atomic E-state index is 4.16. The van der Waals surface area contributed by atoms with Crippen LogP contribution >= 0.6 is 31.9 Å². The van der Waals surface area contributed by atoms with E-state index in [1.165, 1.54) is 0 Å². The van der Waals surface area contributed by atoms with E-state index in [2.05, 4.69) is 42.1 Å². The van der Waals surface area contributed by atoms with Crippen molar-refractivity contribution >= 4 is 31.9 Å². The number of rotatable bonds is 2. The molecule has 5 heteroatoms. The largest absolute Gasteiger partial charge is 0.184 e. The molecule has 0 radical (unpaired) electrons. The summed E-state index contributed by atoms with van der Waals surface area (Å²) in [6, 6.07) is 0. The highest BCUT2D eigenvalue weighted by Gasteiger charge is 2.04. The van der Waals surface area contributed by atoms with Gasteiger partial charge in [-0.1, -0.05) is 15.9 Å². The zero-order chi connectivity index (χ0) is 7.56. The number of hydrogen-bond acceptors (Lipinski definition) is 2. The Bertz CT molecular complexity index is 221. The molecule has 0 aromatic carbocycles. The van der Waals surface area contributed by atoms with Gasteiger partial charge in [0.25, 0.3) is 0 Å². The van der Waals surface area contributed by atoms with Crippen LogP contribution in [0.15, 0.2) is 4.60 Å². The summed E-state index contributed by atoms with van der Waals surface area (Å²) < 4.78 is 0.825. The fourth-order valence-electron chi connectivity index (χ4n) is 0.585. The number of aromatic nitrogens is 3. The third-order valence-electron chi connectivity index (χ3n) is 1.09. The lowest BCUT2D eigenvalue weighted by molar-refractivity contribution is 0.564. The summed E-state index contributed by atoms with van der Waals surface area (Å²) in [5, 5.41) is 8.99. The molecule has 0 aliphatic carbocycles. The SMILES string of the molecule is CCn1nc(Br)c(CBr)n1. The van der Waals surface area contributed by atoms with Crippen LogP contribution < -0.4 is 0 Å². The zero-order valence-electron chi connectivity index (χ0n) is 5.51. The van der Waals surface area contributed by atoms with Crippen LogP contribution in [0.5, 0.6) is 0 Å². The highest BCUT2D eigenvalue weighted by Crippen LogP contribution is 2.13. The average Bonchev–Trinajstić information content (AvgIpc) is 2.30. The van der Waals surface area contributed by atoms with Crippen molar-refractivity contribution in [3.63, 3.8) is 0 Å². The smallest absolute Gasteiger partial charge is 0.152 e. The van der Waals surface area contributed by atoms with Gasteiger partial charge in [-0.05, 0) is 22.9 Å². The van der Waals surface area contributed by atoms with E-state index in [1.54, 1.807) is 4.80 Å². The van der Waals surface area contributed by atoms with Crippen LogP contribution in [-0.4, -0.2) is 15.0 Å². The van der Waals surface area contributed by atoms with Crippen molar-refractivity contribution in [3.05, 3.63) is 10.3 Å². The Morgan fingerprint density at radius 1 is 1.50 bits per heavy atom. The average molecular weight is 269 g/mol. The second-order valence-corrected chi connectivity index (χ2v) is 3.07. The molecule has 3 nitrogen and oxygen atoms in total. The van der Waals surface area contributed by atoms with Crippen molar-refractivity contribution < 1.29 is 0 Å². The number of nitrogens with zero attached hydrogens (tertiary/aromatic N) is 3. The van der Waals surface area contributed by atoms with E-state index < -0.39 is 0 Å². The third-order valence-corrected chi connectivity index (χ3v) is 2.23. The van der Waals surface area contributed by atoms with Crippen molar-refractivity contribution in [2.45, 2.75) is 18.8 Å². The van der Waals surface area contributed by atoms with Crippen LogP contribution in [0.2, 0.25) is 0 Å². The van der Waals surface area contributed by atoms with Crippen LogP contribution in [0.4, 0.5) is 0 Å². The Labute approximate surface area is 76.1 Å². The van der Waals surface area contributed by atoms with Crippen LogP contribution in [0, 0.1) is 0 Å². The highest BCUT2D eigenvalue weighted by molar-refractivity contribution is 9.10. The normalized spacial score (nSPS) is 10.3. The summed E-state index contributed by atoms with van der Waals surface area (Å²) in [7, 11) is 0. The minimum absolute atomic E-state index is 0.744. The Hall–Kier alpha value is 0.1000. The Morgan fingerprint density at radius 3 is 2.50 bits per heavy atom. The number of alkyl halides is 1. The van der Waals surface area contributed by atoms with Crippen molar-refractivity contribution in [1.82, 2.24) is 15.0 Å². The monoisotopic (exact) mass is 267 g/mol. The molecule has 56 valence electrons. The second-order valence-electron chi connectivity index (χ2n) is 1.76. The first-order valence-corrected chi connectivity index (χ1v) is 4.84. The Morgan fingerprint density at radius 2 is 2.20 bits per heavy atom. The summed E-state index contributed by atoms with van der Waals surface area (Å²) in [6.45, 7) is 2.82. The molecule has 0 saturated carbocycles. The molecule has 0 spiro atoms. The maximum absolute atomic E-state index is 4.16. The van der Waals surface area contributed by atoms with Crippen LogP contribution in [0.25, 0.3) is 0 Å². The minimum Gasteiger partial charge on any atom is -0.184 e. The molecule has 0 aliphatic heterocycles. The van der Waals surface area contributed by atoms with E-state index >= 15 is 0 Å². The van der Waals surface area contributed by atoms with Gasteiger partial charge < -0.3 is 0 Å². The van der Waals surface area contributed by atoms with E-state index in [0.29, 0.717) is 0 Å². The summed E-state index contributed by atoms with van der Waals surface area (Å²) in [4.78, 5) is 1.65. The highest BCUT2D eigenvalue weighted by atomic mass is 79.9. The predicted octanol–water partition coefficient (Wildman–Crippen LogP) is 1.96. The summed E-state index contributed by atoms with van der Waals surface area (Å²) in [5.74, 6) is 0. The van der Waals surface area contributed by atoms with E-state index in [0.717, 1.165) is 22.2 Å².